The second-order valence-electron chi connectivity index (χ2n) is 7.57. The number of ether oxygens (including phenoxy) is 2. The molecule has 7 heteroatoms. The van der Waals surface area contributed by atoms with E-state index in [-0.39, 0.29) is 17.1 Å². The Bertz CT molecular complexity index is 1140. The number of carbonyl (C=O) groups is 2. The third-order valence-corrected chi connectivity index (χ3v) is 6.30. The molecule has 6 nitrogen and oxygen atoms in total. The zero-order valence-corrected chi connectivity index (χ0v) is 20.2. The molecule has 0 saturated carbocycles. The topological polar surface area (TPSA) is 76.7 Å². The molecule has 0 fully saturated rings. The second-order valence-corrected chi connectivity index (χ2v) is 8.98. The summed E-state index contributed by atoms with van der Waals surface area (Å²) in [7, 11) is 3.01. The Labute approximate surface area is 198 Å². The molecule has 0 heterocycles. The monoisotopic (exact) mass is 464 g/mol. The summed E-state index contributed by atoms with van der Waals surface area (Å²) in [5.41, 5.74) is 4.02. The van der Waals surface area contributed by atoms with Crippen molar-refractivity contribution in [3.63, 3.8) is 0 Å². The average Bonchev–Trinajstić information content (AvgIpc) is 2.80. The molecule has 1 unspecified atom stereocenters. The van der Waals surface area contributed by atoms with Crippen molar-refractivity contribution in [2.45, 2.75) is 30.9 Å². The van der Waals surface area contributed by atoms with E-state index in [0.717, 1.165) is 16.1 Å². The van der Waals surface area contributed by atoms with Crippen LogP contribution in [0.2, 0.25) is 0 Å². The van der Waals surface area contributed by atoms with Gasteiger partial charge in [-0.15, -0.1) is 11.8 Å². The fraction of sp³-hybridized carbons (Fsp3) is 0.231. The van der Waals surface area contributed by atoms with E-state index in [2.05, 4.69) is 10.6 Å². The summed E-state index contributed by atoms with van der Waals surface area (Å²) in [4.78, 5) is 26.5. The fourth-order valence-electron chi connectivity index (χ4n) is 3.24. The molecule has 0 aliphatic carbocycles. The van der Waals surface area contributed by atoms with Crippen LogP contribution in [-0.4, -0.2) is 31.3 Å². The number of thioether (sulfide) groups is 1. The van der Waals surface area contributed by atoms with Crippen molar-refractivity contribution >= 4 is 35.0 Å². The number of nitrogens with one attached hydrogen (secondary N) is 2. The Morgan fingerprint density at radius 2 is 1.45 bits per heavy atom. The summed E-state index contributed by atoms with van der Waals surface area (Å²) >= 11 is 1.42. The van der Waals surface area contributed by atoms with Gasteiger partial charge in [0.15, 0.2) is 0 Å². The summed E-state index contributed by atoms with van der Waals surface area (Å²) in [6.45, 7) is 5.91. The first-order valence-corrected chi connectivity index (χ1v) is 11.4. The van der Waals surface area contributed by atoms with Crippen LogP contribution in [0.4, 0.5) is 11.4 Å². The smallest absolute Gasteiger partial charge is 0.263 e. The predicted molar refractivity (Wildman–Crippen MR) is 134 cm³/mol. The number of benzene rings is 3. The molecule has 0 bridgehead atoms. The van der Waals surface area contributed by atoms with Gasteiger partial charge in [-0.2, -0.15) is 0 Å². The first-order chi connectivity index (χ1) is 15.8. The lowest BCUT2D eigenvalue weighted by Crippen LogP contribution is -2.22. The SMILES string of the molecule is COc1cccc(OC)c1C(=O)Nc1cccc(SC(C)C(=O)Nc2ccc(C)c(C)c2)c1. The maximum atomic E-state index is 12.9. The minimum Gasteiger partial charge on any atom is -0.496 e. The van der Waals surface area contributed by atoms with Crippen LogP contribution in [0.5, 0.6) is 11.5 Å². The van der Waals surface area contributed by atoms with Crippen molar-refractivity contribution in [3.8, 4) is 11.5 Å². The van der Waals surface area contributed by atoms with E-state index in [1.807, 2.05) is 57.2 Å². The normalized spacial score (nSPS) is 11.4. The molecule has 1 atom stereocenters. The molecule has 172 valence electrons. The number of aryl methyl sites for hydroxylation is 2. The lowest BCUT2D eigenvalue weighted by molar-refractivity contribution is -0.115. The van der Waals surface area contributed by atoms with Crippen molar-refractivity contribution in [2.24, 2.45) is 0 Å². The molecule has 3 aromatic carbocycles. The summed E-state index contributed by atoms with van der Waals surface area (Å²) in [6.07, 6.45) is 0. The molecule has 3 rings (SSSR count). The minimum atomic E-state index is -0.341. The summed E-state index contributed by atoms with van der Waals surface area (Å²) < 4.78 is 10.6. The van der Waals surface area contributed by atoms with Gasteiger partial charge in [0.05, 0.1) is 19.5 Å². The lowest BCUT2D eigenvalue weighted by atomic mass is 10.1. The van der Waals surface area contributed by atoms with Gasteiger partial charge >= 0.3 is 0 Å². The van der Waals surface area contributed by atoms with Crippen LogP contribution in [0.3, 0.4) is 0 Å². The van der Waals surface area contributed by atoms with Gasteiger partial charge in [-0.25, -0.2) is 0 Å². The molecule has 2 N–H and O–H groups in total. The van der Waals surface area contributed by atoms with Gasteiger partial charge in [-0.3, -0.25) is 9.59 Å². The van der Waals surface area contributed by atoms with Crippen molar-refractivity contribution < 1.29 is 19.1 Å². The molecule has 0 aromatic heterocycles. The highest BCUT2D eigenvalue weighted by Gasteiger charge is 2.19. The number of hydrogen-bond donors (Lipinski definition) is 2. The van der Waals surface area contributed by atoms with Crippen LogP contribution in [0.25, 0.3) is 0 Å². The highest BCUT2D eigenvalue weighted by Crippen LogP contribution is 2.31. The van der Waals surface area contributed by atoms with Crippen molar-refractivity contribution in [2.75, 3.05) is 24.9 Å². The quantitative estimate of drug-likeness (QED) is 0.419. The van der Waals surface area contributed by atoms with Crippen LogP contribution in [0.1, 0.15) is 28.4 Å². The van der Waals surface area contributed by atoms with Crippen molar-refractivity contribution in [3.05, 3.63) is 77.4 Å². The van der Waals surface area contributed by atoms with Crippen LogP contribution in [-0.2, 0) is 4.79 Å². The molecule has 33 heavy (non-hydrogen) atoms. The molecular weight excluding hydrogens is 436 g/mol. The van der Waals surface area contributed by atoms with Crippen LogP contribution in [0, 0.1) is 13.8 Å². The minimum absolute atomic E-state index is 0.0866. The summed E-state index contributed by atoms with van der Waals surface area (Å²) in [5, 5.41) is 5.53. The Balaban J connectivity index is 1.69. The zero-order valence-electron chi connectivity index (χ0n) is 19.4. The van der Waals surface area contributed by atoms with Gasteiger partial charge in [0.1, 0.15) is 17.1 Å². The Hall–Kier alpha value is -3.45. The largest absolute Gasteiger partial charge is 0.496 e. The van der Waals surface area contributed by atoms with Gasteiger partial charge in [0.2, 0.25) is 5.91 Å². The third-order valence-electron chi connectivity index (χ3n) is 5.20. The van der Waals surface area contributed by atoms with E-state index in [1.54, 1.807) is 24.3 Å². The third kappa shape index (κ3) is 6.08. The summed E-state index contributed by atoms with van der Waals surface area (Å²) in [6, 6.07) is 18.4. The van der Waals surface area contributed by atoms with Gasteiger partial charge < -0.3 is 20.1 Å². The van der Waals surface area contributed by atoms with E-state index in [0.29, 0.717) is 22.7 Å². The highest BCUT2D eigenvalue weighted by molar-refractivity contribution is 8.00. The van der Waals surface area contributed by atoms with E-state index in [9.17, 15) is 9.59 Å². The van der Waals surface area contributed by atoms with E-state index in [4.69, 9.17) is 9.47 Å². The fourth-order valence-corrected chi connectivity index (χ4v) is 4.16. The number of anilines is 2. The van der Waals surface area contributed by atoms with Crippen LogP contribution < -0.4 is 20.1 Å². The first-order valence-electron chi connectivity index (χ1n) is 10.5. The molecule has 2 amide bonds. The molecule has 0 radical (unpaired) electrons. The maximum absolute atomic E-state index is 12.9. The van der Waals surface area contributed by atoms with Gasteiger partial charge in [0, 0.05) is 16.3 Å². The molecule has 0 aliphatic heterocycles. The standard InChI is InChI=1S/C26H28N2O4S/c1-16-12-13-20(14-17(16)2)27-25(29)18(3)33-21-9-6-8-19(15-21)28-26(30)24-22(31-4)10-7-11-23(24)32-5/h6-15,18H,1-5H3,(H,27,29)(H,28,30). The molecule has 0 aliphatic rings. The Morgan fingerprint density at radius 3 is 2.09 bits per heavy atom. The Morgan fingerprint density at radius 1 is 0.818 bits per heavy atom. The van der Waals surface area contributed by atoms with Crippen LogP contribution in [0.15, 0.2) is 65.6 Å². The molecule has 3 aromatic rings. The number of carbonyl (C=O) groups excluding carboxylic acids is 2. The second kappa shape index (κ2) is 10.9. The number of methoxy groups -OCH3 is 2. The maximum Gasteiger partial charge on any atom is 0.263 e. The molecular formula is C26H28N2O4S. The van der Waals surface area contributed by atoms with Gasteiger partial charge in [-0.05, 0) is 74.4 Å². The zero-order chi connectivity index (χ0) is 24.0. The first kappa shape index (κ1) is 24.2. The van der Waals surface area contributed by atoms with Crippen molar-refractivity contribution in [1.29, 1.82) is 0 Å². The van der Waals surface area contributed by atoms with Crippen LogP contribution >= 0.6 is 11.8 Å². The number of hydrogen-bond acceptors (Lipinski definition) is 5. The van der Waals surface area contributed by atoms with Gasteiger partial charge in [-0.1, -0.05) is 18.2 Å². The van der Waals surface area contributed by atoms with Gasteiger partial charge in [0.25, 0.3) is 5.91 Å². The number of rotatable bonds is 8. The molecule has 0 spiro atoms. The summed E-state index contributed by atoms with van der Waals surface area (Å²) in [5.74, 6) is 0.423. The lowest BCUT2D eigenvalue weighted by Gasteiger charge is -2.15. The molecule has 0 saturated heterocycles. The number of amides is 2. The van der Waals surface area contributed by atoms with E-state index >= 15 is 0 Å². The predicted octanol–water partition coefficient (Wildman–Crippen LogP) is 5.69. The average molecular weight is 465 g/mol. The highest BCUT2D eigenvalue weighted by atomic mass is 32.2. The van der Waals surface area contributed by atoms with E-state index < -0.39 is 0 Å². The Kier molecular flexibility index (Phi) is 8.01. The van der Waals surface area contributed by atoms with E-state index in [1.165, 1.54) is 31.5 Å². The van der Waals surface area contributed by atoms with Crippen molar-refractivity contribution in [1.82, 2.24) is 0 Å².